The van der Waals surface area contributed by atoms with E-state index < -0.39 is 11.7 Å². The van der Waals surface area contributed by atoms with E-state index in [1.807, 2.05) is 0 Å². The lowest BCUT2D eigenvalue weighted by Crippen LogP contribution is -2.16. The second kappa shape index (κ2) is 9.24. The highest BCUT2D eigenvalue weighted by atomic mass is 35.5. The standard InChI is InChI=1S/C16H13ClF2N2O2S/c17-12-3-1-11(2-4-12)9-20-23-10-15(22)21-13-5-7-14(8-6-13)24-16(18)19/h1-9,16H,10H2,(H,21,22)/b20-9+. The average Bonchev–Trinajstić information content (AvgIpc) is 2.55. The highest BCUT2D eigenvalue weighted by Crippen LogP contribution is 2.26. The lowest BCUT2D eigenvalue weighted by atomic mass is 10.2. The van der Waals surface area contributed by atoms with Gasteiger partial charge in [-0.2, -0.15) is 8.78 Å². The molecule has 0 aromatic heterocycles. The molecule has 0 aliphatic rings. The summed E-state index contributed by atoms with van der Waals surface area (Å²) in [6, 6.07) is 13.0. The maximum absolute atomic E-state index is 12.2. The van der Waals surface area contributed by atoms with Gasteiger partial charge in [-0.05, 0) is 42.0 Å². The van der Waals surface area contributed by atoms with Crippen LogP contribution in [0.2, 0.25) is 5.02 Å². The van der Waals surface area contributed by atoms with Gasteiger partial charge in [0, 0.05) is 15.6 Å². The first-order valence-electron chi connectivity index (χ1n) is 6.78. The highest BCUT2D eigenvalue weighted by Gasteiger charge is 2.06. The summed E-state index contributed by atoms with van der Waals surface area (Å²) >= 11 is 6.20. The predicted octanol–water partition coefficient (Wildman–Crippen LogP) is 4.64. The van der Waals surface area contributed by atoms with Crippen molar-refractivity contribution >= 4 is 41.2 Å². The van der Waals surface area contributed by atoms with E-state index in [0.717, 1.165) is 5.56 Å². The van der Waals surface area contributed by atoms with E-state index in [1.54, 1.807) is 36.4 Å². The van der Waals surface area contributed by atoms with Crippen molar-refractivity contribution in [1.82, 2.24) is 0 Å². The molecule has 1 N–H and O–H groups in total. The van der Waals surface area contributed by atoms with Crippen molar-refractivity contribution in [2.24, 2.45) is 5.16 Å². The molecule has 24 heavy (non-hydrogen) atoms. The second-order valence-electron chi connectivity index (χ2n) is 4.51. The van der Waals surface area contributed by atoms with Gasteiger partial charge < -0.3 is 10.2 Å². The third kappa shape index (κ3) is 6.55. The summed E-state index contributed by atoms with van der Waals surface area (Å²) in [5.74, 6) is -2.88. The third-order valence-electron chi connectivity index (χ3n) is 2.71. The molecule has 8 heteroatoms. The van der Waals surface area contributed by atoms with Crippen molar-refractivity contribution in [3.63, 3.8) is 0 Å². The number of alkyl halides is 2. The molecule has 2 aromatic rings. The SMILES string of the molecule is O=C(CO/N=C/c1ccc(Cl)cc1)Nc1ccc(SC(F)F)cc1. The summed E-state index contributed by atoms with van der Waals surface area (Å²) in [6.45, 7) is -0.266. The van der Waals surface area contributed by atoms with Crippen LogP contribution in [0.15, 0.2) is 58.6 Å². The maximum Gasteiger partial charge on any atom is 0.288 e. The number of hydrogen-bond donors (Lipinski definition) is 1. The van der Waals surface area contributed by atoms with Gasteiger partial charge in [-0.3, -0.25) is 4.79 Å². The molecular formula is C16H13ClF2N2O2S. The number of rotatable bonds is 7. The first-order chi connectivity index (χ1) is 11.5. The first kappa shape index (κ1) is 18.2. The zero-order chi connectivity index (χ0) is 17.4. The lowest BCUT2D eigenvalue weighted by molar-refractivity contribution is -0.120. The topological polar surface area (TPSA) is 50.7 Å². The van der Waals surface area contributed by atoms with Crippen LogP contribution in [0.25, 0.3) is 0 Å². The van der Waals surface area contributed by atoms with Gasteiger partial charge in [-0.25, -0.2) is 0 Å². The number of hydrogen-bond acceptors (Lipinski definition) is 4. The number of thioether (sulfide) groups is 1. The van der Waals surface area contributed by atoms with E-state index in [-0.39, 0.29) is 6.61 Å². The molecule has 0 saturated carbocycles. The fourth-order valence-electron chi connectivity index (χ4n) is 1.66. The van der Waals surface area contributed by atoms with E-state index in [2.05, 4.69) is 10.5 Å². The van der Waals surface area contributed by atoms with Crippen molar-refractivity contribution in [1.29, 1.82) is 0 Å². The maximum atomic E-state index is 12.2. The van der Waals surface area contributed by atoms with Gasteiger partial charge in [0.05, 0.1) is 6.21 Å². The zero-order valence-electron chi connectivity index (χ0n) is 12.3. The minimum absolute atomic E-state index is 0.266. The second-order valence-corrected chi connectivity index (χ2v) is 6.01. The van der Waals surface area contributed by atoms with Crippen LogP contribution < -0.4 is 5.32 Å². The molecule has 0 aliphatic carbocycles. The molecule has 0 unspecified atom stereocenters. The smallest absolute Gasteiger partial charge is 0.288 e. The van der Waals surface area contributed by atoms with Gasteiger partial charge in [0.2, 0.25) is 0 Å². The summed E-state index contributed by atoms with van der Waals surface area (Å²) in [7, 11) is 0. The minimum atomic E-state index is -2.47. The molecule has 0 spiro atoms. The van der Waals surface area contributed by atoms with E-state index in [4.69, 9.17) is 16.4 Å². The van der Waals surface area contributed by atoms with Crippen molar-refractivity contribution in [3.8, 4) is 0 Å². The van der Waals surface area contributed by atoms with Crippen LogP contribution in [0.1, 0.15) is 5.56 Å². The Labute approximate surface area is 146 Å². The zero-order valence-corrected chi connectivity index (χ0v) is 13.9. The summed E-state index contributed by atoms with van der Waals surface area (Å²) in [4.78, 5) is 17.0. The number of benzene rings is 2. The number of oxime groups is 1. The minimum Gasteiger partial charge on any atom is -0.386 e. The number of halogens is 3. The van der Waals surface area contributed by atoms with Crippen LogP contribution in [-0.4, -0.2) is 24.5 Å². The Morgan fingerprint density at radius 3 is 2.50 bits per heavy atom. The van der Waals surface area contributed by atoms with Crippen molar-refractivity contribution in [3.05, 3.63) is 59.1 Å². The summed E-state index contributed by atoms with van der Waals surface area (Å²) in [6.07, 6.45) is 1.46. The van der Waals surface area contributed by atoms with E-state index in [0.29, 0.717) is 27.4 Å². The quantitative estimate of drug-likeness (QED) is 0.438. The first-order valence-corrected chi connectivity index (χ1v) is 8.04. The summed E-state index contributed by atoms with van der Waals surface area (Å²) < 4.78 is 24.4. The fourth-order valence-corrected chi connectivity index (χ4v) is 2.28. The Kier molecular flexibility index (Phi) is 7.02. The third-order valence-corrected chi connectivity index (χ3v) is 3.68. The molecular weight excluding hydrogens is 358 g/mol. The Morgan fingerprint density at radius 1 is 1.21 bits per heavy atom. The number of anilines is 1. The Bertz CT molecular complexity index is 694. The van der Waals surface area contributed by atoms with Crippen LogP contribution in [0.5, 0.6) is 0 Å². The van der Waals surface area contributed by atoms with E-state index >= 15 is 0 Å². The van der Waals surface area contributed by atoms with Gasteiger partial charge in [0.1, 0.15) is 0 Å². The lowest BCUT2D eigenvalue weighted by Gasteiger charge is -2.05. The molecule has 0 atom stereocenters. The van der Waals surface area contributed by atoms with E-state index in [1.165, 1.54) is 18.3 Å². The molecule has 4 nitrogen and oxygen atoms in total. The van der Waals surface area contributed by atoms with Gasteiger partial charge >= 0.3 is 0 Å². The summed E-state index contributed by atoms with van der Waals surface area (Å²) in [5, 5.41) is 6.88. The van der Waals surface area contributed by atoms with Crippen LogP contribution >= 0.6 is 23.4 Å². The molecule has 0 fully saturated rings. The normalized spacial score (nSPS) is 11.0. The van der Waals surface area contributed by atoms with Gasteiger partial charge in [0.25, 0.3) is 11.7 Å². The predicted molar refractivity (Wildman–Crippen MR) is 91.9 cm³/mol. The molecule has 0 aliphatic heterocycles. The molecule has 2 aromatic carbocycles. The van der Waals surface area contributed by atoms with Crippen molar-refractivity contribution in [2.75, 3.05) is 11.9 Å². The number of amides is 1. The number of nitrogens with one attached hydrogen (secondary N) is 1. The van der Waals surface area contributed by atoms with Gasteiger partial charge in [0.15, 0.2) is 6.61 Å². The molecule has 126 valence electrons. The number of nitrogens with zero attached hydrogens (tertiary/aromatic N) is 1. The number of carbonyl (C=O) groups excluding carboxylic acids is 1. The van der Waals surface area contributed by atoms with Crippen molar-refractivity contribution < 1.29 is 18.4 Å². The number of carbonyl (C=O) groups is 1. The molecule has 2 rings (SSSR count). The molecule has 0 heterocycles. The molecule has 1 amide bonds. The van der Waals surface area contributed by atoms with Crippen LogP contribution in [-0.2, 0) is 9.63 Å². The molecule has 0 saturated heterocycles. The summed E-state index contributed by atoms with van der Waals surface area (Å²) in [5.41, 5.74) is 1.27. The molecule has 0 bridgehead atoms. The molecule has 0 radical (unpaired) electrons. The fraction of sp³-hybridized carbons (Fsp3) is 0.125. The monoisotopic (exact) mass is 370 g/mol. The highest BCUT2D eigenvalue weighted by molar-refractivity contribution is 7.99. The Balaban J connectivity index is 1.75. The van der Waals surface area contributed by atoms with Gasteiger partial charge in [-0.15, -0.1) is 0 Å². The van der Waals surface area contributed by atoms with Crippen molar-refractivity contribution in [2.45, 2.75) is 10.7 Å². The van der Waals surface area contributed by atoms with Crippen LogP contribution in [0.3, 0.4) is 0 Å². The Morgan fingerprint density at radius 2 is 1.88 bits per heavy atom. The van der Waals surface area contributed by atoms with Crippen LogP contribution in [0, 0.1) is 0 Å². The average molecular weight is 371 g/mol. The van der Waals surface area contributed by atoms with Gasteiger partial charge in [-0.1, -0.05) is 40.7 Å². The van der Waals surface area contributed by atoms with E-state index in [9.17, 15) is 13.6 Å². The largest absolute Gasteiger partial charge is 0.386 e. The Hall–Kier alpha value is -2.12. The van der Waals surface area contributed by atoms with Crippen LogP contribution in [0.4, 0.5) is 14.5 Å².